The predicted octanol–water partition coefficient (Wildman–Crippen LogP) is 4.66. The number of amides is 2. The topological polar surface area (TPSA) is 79.5 Å². The molecule has 0 unspecified atom stereocenters. The lowest BCUT2D eigenvalue weighted by Crippen LogP contribution is -2.36. The van der Waals surface area contributed by atoms with E-state index in [1.807, 2.05) is 19.9 Å². The van der Waals surface area contributed by atoms with Gasteiger partial charge < -0.3 is 15.4 Å². The van der Waals surface area contributed by atoms with Crippen LogP contribution >= 0.6 is 12.2 Å². The molecule has 3 N–H and O–H groups in total. The van der Waals surface area contributed by atoms with E-state index in [9.17, 15) is 9.59 Å². The fourth-order valence-corrected chi connectivity index (χ4v) is 3.81. The summed E-state index contributed by atoms with van der Waals surface area (Å²) in [6, 6.07) is 14.3. The number of para-hydroxylation sites is 1. The first-order valence-corrected chi connectivity index (χ1v) is 11.1. The van der Waals surface area contributed by atoms with E-state index in [1.54, 1.807) is 42.5 Å². The molecule has 1 fully saturated rings. The first kappa shape index (κ1) is 22.7. The van der Waals surface area contributed by atoms with E-state index >= 15 is 0 Å². The highest BCUT2D eigenvalue weighted by Crippen LogP contribution is 2.20. The Hall–Kier alpha value is -2.93. The van der Waals surface area contributed by atoms with Crippen molar-refractivity contribution in [2.45, 2.75) is 58.1 Å². The molecule has 2 amide bonds. The number of rotatable bonds is 6. The SMILES string of the molecule is CC(C)Oc1ccccc1C(=O)NC(=S)Nc1cccc(C(=O)NC2CCCCC2)c1. The molecular weight excluding hydrogens is 410 g/mol. The summed E-state index contributed by atoms with van der Waals surface area (Å²) >= 11 is 5.30. The molecule has 1 saturated carbocycles. The van der Waals surface area contributed by atoms with Crippen LogP contribution in [0.3, 0.4) is 0 Å². The lowest BCUT2D eigenvalue weighted by atomic mass is 9.95. The van der Waals surface area contributed by atoms with Gasteiger partial charge in [0.05, 0.1) is 11.7 Å². The van der Waals surface area contributed by atoms with Crippen molar-refractivity contribution < 1.29 is 14.3 Å². The van der Waals surface area contributed by atoms with E-state index in [4.69, 9.17) is 17.0 Å². The number of carbonyl (C=O) groups is 2. The summed E-state index contributed by atoms with van der Waals surface area (Å²) in [4.78, 5) is 25.2. The molecule has 7 heteroatoms. The van der Waals surface area contributed by atoms with Crippen LogP contribution in [0, 0.1) is 0 Å². The smallest absolute Gasteiger partial charge is 0.261 e. The fraction of sp³-hybridized carbons (Fsp3) is 0.375. The van der Waals surface area contributed by atoms with Crippen LogP contribution in [0.4, 0.5) is 5.69 Å². The molecule has 0 radical (unpaired) electrons. The van der Waals surface area contributed by atoms with Crippen LogP contribution in [0.5, 0.6) is 5.75 Å². The third-order valence-electron chi connectivity index (χ3n) is 5.04. The van der Waals surface area contributed by atoms with E-state index < -0.39 is 0 Å². The van der Waals surface area contributed by atoms with Crippen molar-refractivity contribution in [3.05, 3.63) is 59.7 Å². The van der Waals surface area contributed by atoms with Gasteiger partial charge in [0.15, 0.2) is 5.11 Å². The van der Waals surface area contributed by atoms with Gasteiger partial charge in [0, 0.05) is 17.3 Å². The first-order chi connectivity index (χ1) is 14.9. The second-order valence-corrected chi connectivity index (χ2v) is 8.37. The van der Waals surface area contributed by atoms with Crippen LogP contribution in [-0.2, 0) is 0 Å². The highest BCUT2D eigenvalue weighted by atomic mass is 32.1. The summed E-state index contributed by atoms with van der Waals surface area (Å²) in [7, 11) is 0. The number of anilines is 1. The average molecular weight is 440 g/mol. The second-order valence-electron chi connectivity index (χ2n) is 7.96. The molecule has 0 saturated heterocycles. The molecule has 0 aliphatic heterocycles. The van der Waals surface area contributed by atoms with Crippen molar-refractivity contribution in [3.63, 3.8) is 0 Å². The molecule has 6 nitrogen and oxygen atoms in total. The van der Waals surface area contributed by atoms with Gasteiger partial charge in [-0.15, -0.1) is 0 Å². The van der Waals surface area contributed by atoms with Crippen LogP contribution in [-0.4, -0.2) is 29.1 Å². The summed E-state index contributed by atoms with van der Waals surface area (Å²) in [6.45, 7) is 3.80. The van der Waals surface area contributed by atoms with E-state index in [-0.39, 0.29) is 29.1 Å². The zero-order valence-corrected chi connectivity index (χ0v) is 18.8. The van der Waals surface area contributed by atoms with Gasteiger partial charge in [0.1, 0.15) is 5.75 Å². The second kappa shape index (κ2) is 10.9. The molecule has 2 aromatic carbocycles. The van der Waals surface area contributed by atoms with Crippen LogP contribution in [0.2, 0.25) is 0 Å². The molecule has 0 heterocycles. The molecule has 1 aliphatic carbocycles. The van der Waals surface area contributed by atoms with Gasteiger partial charge in [-0.3, -0.25) is 14.9 Å². The fourth-order valence-electron chi connectivity index (χ4n) is 3.60. The molecule has 31 heavy (non-hydrogen) atoms. The van der Waals surface area contributed by atoms with Gasteiger partial charge in [0.25, 0.3) is 11.8 Å². The molecular formula is C24H29N3O3S. The maximum atomic E-state index is 12.7. The molecule has 0 atom stereocenters. The molecule has 164 valence electrons. The molecule has 0 bridgehead atoms. The Bertz CT molecular complexity index is 939. The molecule has 2 aromatic rings. The highest BCUT2D eigenvalue weighted by molar-refractivity contribution is 7.80. The predicted molar refractivity (Wildman–Crippen MR) is 127 cm³/mol. The van der Waals surface area contributed by atoms with Crippen LogP contribution in [0.25, 0.3) is 0 Å². The lowest BCUT2D eigenvalue weighted by Gasteiger charge is -2.22. The summed E-state index contributed by atoms with van der Waals surface area (Å²) in [5.41, 5.74) is 1.59. The number of ether oxygens (including phenoxy) is 1. The third-order valence-corrected chi connectivity index (χ3v) is 5.25. The number of hydrogen-bond donors (Lipinski definition) is 3. The van der Waals surface area contributed by atoms with E-state index in [1.165, 1.54) is 6.42 Å². The van der Waals surface area contributed by atoms with E-state index in [0.29, 0.717) is 22.6 Å². The van der Waals surface area contributed by atoms with Gasteiger partial charge in [-0.25, -0.2) is 0 Å². The summed E-state index contributed by atoms with van der Waals surface area (Å²) < 4.78 is 5.70. The Morgan fingerprint density at radius 3 is 2.48 bits per heavy atom. The van der Waals surface area contributed by atoms with Crippen molar-refractivity contribution in [2.75, 3.05) is 5.32 Å². The minimum absolute atomic E-state index is 0.0541. The molecule has 0 spiro atoms. The molecule has 3 rings (SSSR count). The standard InChI is InChI=1S/C24H29N3O3S/c1-16(2)30-21-14-7-6-13-20(21)23(29)27-24(31)26-19-12-8-9-17(15-19)22(28)25-18-10-4-3-5-11-18/h6-9,12-16,18H,3-5,10-11H2,1-2H3,(H,25,28)(H2,26,27,29,31). The Balaban J connectivity index is 1.60. The Morgan fingerprint density at radius 1 is 1.00 bits per heavy atom. The van der Waals surface area contributed by atoms with Crippen LogP contribution in [0.1, 0.15) is 66.7 Å². The van der Waals surface area contributed by atoms with Gasteiger partial charge >= 0.3 is 0 Å². The normalized spacial score (nSPS) is 14.0. The van der Waals surface area contributed by atoms with Crippen molar-refractivity contribution in [3.8, 4) is 5.75 Å². The van der Waals surface area contributed by atoms with Gasteiger partial charge in [-0.05, 0) is 69.2 Å². The summed E-state index contributed by atoms with van der Waals surface area (Å²) in [5.74, 6) is 0.0457. The number of thiocarbonyl (C=S) groups is 1. The molecule has 0 aromatic heterocycles. The quantitative estimate of drug-likeness (QED) is 0.571. The van der Waals surface area contributed by atoms with E-state index in [2.05, 4.69) is 16.0 Å². The zero-order valence-electron chi connectivity index (χ0n) is 17.9. The van der Waals surface area contributed by atoms with Gasteiger partial charge in [0.2, 0.25) is 0 Å². The third kappa shape index (κ3) is 6.79. The van der Waals surface area contributed by atoms with Crippen LogP contribution < -0.4 is 20.7 Å². The number of benzene rings is 2. The van der Waals surface area contributed by atoms with Crippen molar-refractivity contribution in [2.24, 2.45) is 0 Å². The van der Waals surface area contributed by atoms with Crippen molar-refractivity contribution in [1.29, 1.82) is 0 Å². The van der Waals surface area contributed by atoms with Crippen molar-refractivity contribution >= 4 is 34.8 Å². The highest BCUT2D eigenvalue weighted by Gasteiger charge is 2.17. The van der Waals surface area contributed by atoms with Gasteiger partial charge in [-0.1, -0.05) is 37.5 Å². The Morgan fingerprint density at radius 2 is 1.74 bits per heavy atom. The first-order valence-electron chi connectivity index (χ1n) is 10.7. The Kier molecular flexibility index (Phi) is 8.00. The Labute approximate surface area is 188 Å². The minimum Gasteiger partial charge on any atom is -0.490 e. The van der Waals surface area contributed by atoms with Gasteiger partial charge in [-0.2, -0.15) is 0 Å². The monoisotopic (exact) mass is 439 g/mol. The van der Waals surface area contributed by atoms with E-state index in [0.717, 1.165) is 25.7 Å². The number of carbonyl (C=O) groups excluding carboxylic acids is 2. The maximum Gasteiger partial charge on any atom is 0.261 e. The largest absolute Gasteiger partial charge is 0.490 e. The van der Waals surface area contributed by atoms with Crippen molar-refractivity contribution in [1.82, 2.24) is 10.6 Å². The molecule has 1 aliphatic rings. The lowest BCUT2D eigenvalue weighted by molar-refractivity contribution is 0.0926. The average Bonchev–Trinajstić information content (AvgIpc) is 2.74. The maximum absolute atomic E-state index is 12.7. The number of nitrogens with one attached hydrogen (secondary N) is 3. The summed E-state index contributed by atoms with van der Waals surface area (Å²) in [5, 5.41) is 8.91. The zero-order chi connectivity index (χ0) is 22.2. The van der Waals surface area contributed by atoms with Crippen LogP contribution in [0.15, 0.2) is 48.5 Å². The minimum atomic E-state index is -0.361. The summed E-state index contributed by atoms with van der Waals surface area (Å²) in [6.07, 6.45) is 5.56. The number of hydrogen-bond acceptors (Lipinski definition) is 4.